The second-order valence-corrected chi connectivity index (χ2v) is 4.39. The second-order valence-electron chi connectivity index (χ2n) is 3.98. The molecule has 0 fully saturated rings. The number of rotatable bonds is 8. The lowest BCUT2D eigenvalue weighted by Gasteiger charge is -2.20. The summed E-state index contributed by atoms with van der Waals surface area (Å²) in [4.78, 5) is 21.8. The van der Waals surface area contributed by atoms with E-state index >= 15 is 0 Å². The minimum Gasteiger partial charge on any atom is -0.480 e. The van der Waals surface area contributed by atoms with Crippen LogP contribution in [0.3, 0.4) is 0 Å². The summed E-state index contributed by atoms with van der Waals surface area (Å²) in [5.41, 5.74) is 0. The smallest absolute Gasteiger partial charge is 0.326 e. The van der Waals surface area contributed by atoms with Gasteiger partial charge in [0.1, 0.15) is 12.1 Å². The fourth-order valence-corrected chi connectivity index (χ4v) is 1.73. The first kappa shape index (κ1) is 16.6. The van der Waals surface area contributed by atoms with Gasteiger partial charge in [-0.15, -0.1) is 0 Å². The van der Waals surface area contributed by atoms with Gasteiger partial charge in [-0.3, -0.25) is 0 Å². The van der Waals surface area contributed by atoms with Gasteiger partial charge in [0.2, 0.25) is 0 Å². The molecule has 2 atom stereocenters. The fraction of sp³-hybridized carbons (Fsp3) is 0.727. The van der Waals surface area contributed by atoms with E-state index in [9.17, 15) is 9.59 Å². The first-order valence-corrected chi connectivity index (χ1v) is 6.35. The number of nitrogens with one attached hydrogen (secondary N) is 2. The summed E-state index contributed by atoms with van der Waals surface area (Å²) in [7, 11) is 0. The highest BCUT2D eigenvalue weighted by Crippen LogP contribution is 1.99. The first-order valence-electron chi connectivity index (χ1n) is 5.94. The van der Waals surface area contributed by atoms with Crippen LogP contribution in [0.1, 0.15) is 39.5 Å². The van der Waals surface area contributed by atoms with E-state index in [0.29, 0.717) is 25.7 Å². The molecule has 104 valence electrons. The molecule has 7 heteroatoms. The molecule has 0 aliphatic rings. The summed E-state index contributed by atoms with van der Waals surface area (Å²) in [6.45, 7) is 3.73. The van der Waals surface area contributed by atoms with Crippen LogP contribution in [0.5, 0.6) is 0 Å². The van der Waals surface area contributed by atoms with Crippen LogP contribution in [0.2, 0.25) is 0 Å². The summed E-state index contributed by atoms with van der Waals surface area (Å²) in [6.07, 6.45) is 2.26. The Bertz CT molecular complexity index is 281. The number of carboxylic acid groups (broad SMARTS) is 2. The summed E-state index contributed by atoms with van der Waals surface area (Å²) in [5.74, 6) is -1.99. The zero-order valence-electron chi connectivity index (χ0n) is 10.6. The molecule has 4 N–H and O–H groups in total. The molecule has 0 saturated heterocycles. The molecule has 18 heavy (non-hydrogen) atoms. The van der Waals surface area contributed by atoms with E-state index in [0.717, 1.165) is 0 Å². The van der Waals surface area contributed by atoms with Crippen LogP contribution in [0, 0.1) is 0 Å². The van der Waals surface area contributed by atoms with Gasteiger partial charge in [-0.25, -0.2) is 9.59 Å². The van der Waals surface area contributed by atoms with E-state index in [1.54, 1.807) is 0 Å². The van der Waals surface area contributed by atoms with Crippen molar-refractivity contribution in [3.8, 4) is 0 Å². The van der Waals surface area contributed by atoms with Crippen LogP contribution < -0.4 is 10.6 Å². The average Bonchev–Trinajstić information content (AvgIpc) is 2.27. The quantitative estimate of drug-likeness (QED) is 0.490. The molecule has 0 rings (SSSR count). The Morgan fingerprint density at radius 2 is 1.33 bits per heavy atom. The standard InChI is InChI=1S/C11H20N2O4S/c1-3-5-7(9(14)15)12-11(18)13-8(6-4-2)10(16)17/h7-8H,3-6H2,1-2H3,(H,14,15)(H,16,17)(H2,12,13,18). The predicted octanol–water partition coefficient (Wildman–Crippen LogP) is 0.957. The van der Waals surface area contributed by atoms with Crippen LogP contribution in [0.15, 0.2) is 0 Å². The number of carboxylic acids is 2. The lowest BCUT2D eigenvalue weighted by molar-refractivity contribution is -0.139. The third kappa shape index (κ3) is 6.39. The summed E-state index contributed by atoms with van der Waals surface area (Å²) in [5, 5.41) is 23.2. The predicted molar refractivity (Wildman–Crippen MR) is 71.5 cm³/mol. The van der Waals surface area contributed by atoms with E-state index in [-0.39, 0.29) is 5.11 Å². The van der Waals surface area contributed by atoms with Crippen molar-refractivity contribution in [3.05, 3.63) is 0 Å². The molecule has 0 aromatic rings. The van der Waals surface area contributed by atoms with Gasteiger partial charge in [0.15, 0.2) is 5.11 Å². The van der Waals surface area contributed by atoms with Crippen LogP contribution in [-0.2, 0) is 9.59 Å². The maximum absolute atomic E-state index is 10.9. The molecular weight excluding hydrogens is 256 g/mol. The fourth-order valence-electron chi connectivity index (χ4n) is 1.45. The molecule has 6 nitrogen and oxygen atoms in total. The van der Waals surface area contributed by atoms with Crippen LogP contribution in [-0.4, -0.2) is 39.3 Å². The van der Waals surface area contributed by atoms with Gasteiger partial charge < -0.3 is 20.8 Å². The van der Waals surface area contributed by atoms with Gasteiger partial charge in [0, 0.05) is 0 Å². The second kappa shape index (κ2) is 8.68. The number of aliphatic carboxylic acids is 2. The Labute approximate surface area is 112 Å². The van der Waals surface area contributed by atoms with Crippen molar-refractivity contribution in [2.75, 3.05) is 0 Å². The first-order chi connectivity index (χ1) is 8.42. The molecule has 0 aromatic heterocycles. The Balaban J connectivity index is 4.37. The van der Waals surface area contributed by atoms with Crippen LogP contribution >= 0.6 is 12.2 Å². The summed E-state index contributed by atoms with van der Waals surface area (Å²) in [6, 6.07) is -1.57. The normalized spacial score (nSPS) is 13.4. The van der Waals surface area contributed by atoms with E-state index in [1.807, 2.05) is 13.8 Å². The van der Waals surface area contributed by atoms with Crippen molar-refractivity contribution in [2.24, 2.45) is 0 Å². The highest BCUT2D eigenvalue weighted by Gasteiger charge is 2.21. The van der Waals surface area contributed by atoms with Crippen molar-refractivity contribution in [2.45, 2.75) is 51.6 Å². The summed E-state index contributed by atoms with van der Waals surface area (Å²) < 4.78 is 0. The van der Waals surface area contributed by atoms with Crippen molar-refractivity contribution in [3.63, 3.8) is 0 Å². The van der Waals surface area contributed by atoms with Gasteiger partial charge >= 0.3 is 11.9 Å². The summed E-state index contributed by atoms with van der Waals surface area (Å²) >= 11 is 4.92. The highest BCUT2D eigenvalue weighted by atomic mass is 32.1. The van der Waals surface area contributed by atoms with E-state index in [4.69, 9.17) is 22.4 Å². The molecule has 0 spiro atoms. The topological polar surface area (TPSA) is 98.7 Å². The van der Waals surface area contributed by atoms with Crippen molar-refractivity contribution >= 4 is 29.3 Å². The van der Waals surface area contributed by atoms with E-state index in [2.05, 4.69) is 10.6 Å². The Kier molecular flexibility index (Phi) is 8.02. The van der Waals surface area contributed by atoms with Gasteiger partial charge in [-0.05, 0) is 25.1 Å². The number of carbonyl (C=O) groups is 2. The lowest BCUT2D eigenvalue weighted by Crippen LogP contribution is -2.50. The minimum absolute atomic E-state index is 0.0664. The molecule has 0 heterocycles. The number of hydrogen-bond donors (Lipinski definition) is 4. The number of hydrogen-bond acceptors (Lipinski definition) is 3. The molecule has 0 aliphatic heterocycles. The highest BCUT2D eigenvalue weighted by molar-refractivity contribution is 7.80. The Morgan fingerprint density at radius 3 is 1.56 bits per heavy atom. The SMILES string of the molecule is CCCC(NC(=S)NC(CCC)C(=O)O)C(=O)O. The van der Waals surface area contributed by atoms with Gasteiger partial charge in [0.25, 0.3) is 0 Å². The zero-order valence-corrected chi connectivity index (χ0v) is 11.4. The maximum Gasteiger partial charge on any atom is 0.326 e. The molecule has 2 unspecified atom stereocenters. The molecule has 0 bridgehead atoms. The molecule has 0 aromatic carbocycles. The Hall–Kier alpha value is -1.37. The number of thiocarbonyl (C=S) groups is 1. The largest absolute Gasteiger partial charge is 0.480 e. The van der Waals surface area contributed by atoms with Crippen molar-refractivity contribution in [1.29, 1.82) is 0 Å². The Morgan fingerprint density at radius 1 is 1.00 bits per heavy atom. The third-order valence-corrected chi connectivity index (χ3v) is 2.60. The average molecular weight is 276 g/mol. The van der Waals surface area contributed by atoms with Gasteiger partial charge in [-0.2, -0.15) is 0 Å². The zero-order chi connectivity index (χ0) is 14.1. The molecule has 0 saturated carbocycles. The third-order valence-electron chi connectivity index (χ3n) is 2.36. The van der Waals surface area contributed by atoms with Crippen molar-refractivity contribution in [1.82, 2.24) is 10.6 Å². The maximum atomic E-state index is 10.9. The minimum atomic E-state index is -0.997. The molecule has 0 radical (unpaired) electrons. The molecule has 0 aliphatic carbocycles. The van der Waals surface area contributed by atoms with Gasteiger partial charge in [-0.1, -0.05) is 26.7 Å². The van der Waals surface area contributed by atoms with Crippen LogP contribution in [0.25, 0.3) is 0 Å². The lowest BCUT2D eigenvalue weighted by atomic mass is 10.1. The van der Waals surface area contributed by atoms with E-state index in [1.165, 1.54) is 0 Å². The molecule has 0 amide bonds. The van der Waals surface area contributed by atoms with Crippen molar-refractivity contribution < 1.29 is 19.8 Å². The van der Waals surface area contributed by atoms with E-state index < -0.39 is 24.0 Å². The molecular formula is C11H20N2O4S. The monoisotopic (exact) mass is 276 g/mol. The van der Waals surface area contributed by atoms with Gasteiger partial charge in [0.05, 0.1) is 0 Å². The van der Waals surface area contributed by atoms with Crippen LogP contribution in [0.4, 0.5) is 0 Å².